The first-order chi connectivity index (χ1) is 12.0. The minimum atomic E-state index is -0.166. The van der Waals surface area contributed by atoms with Crippen LogP contribution in [0.4, 0.5) is 5.69 Å². The monoisotopic (exact) mass is 386 g/mol. The first-order valence-electron chi connectivity index (χ1n) is 7.56. The number of thiocarbonyl (C=S) groups is 1. The molecule has 1 N–H and O–H groups in total. The second kappa shape index (κ2) is 7.78. The van der Waals surface area contributed by atoms with Gasteiger partial charge in [0.25, 0.3) is 0 Å². The van der Waals surface area contributed by atoms with Gasteiger partial charge in [0.05, 0.1) is 4.34 Å². The van der Waals surface area contributed by atoms with Crippen molar-refractivity contribution >= 4 is 57.3 Å². The van der Waals surface area contributed by atoms with Gasteiger partial charge in [-0.05, 0) is 43.0 Å². The molecule has 0 amide bonds. The van der Waals surface area contributed by atoms with Gasteiger partial charge in [-0.25, -0.2) is 0 Å². The molecular weight excluding hydrogens is 372 g/mol. The second-order valence-electron chi connectivity index (χ2n) is 5.39. The molecule has 2 aromatic heterocycles. The van der Waals surface area contributed by atoms with Crippen molar-refractivity contribution in [1.82, 2.24) is 0 Å². The number of halogens is 1. The van der Waals surface area contributed by atoms with E-state index in [1.165, 1.54) is 11.3 Å². The van der Waals surface area contributed by atoms with Crippen LogP contribution in [0, 0.1) is 6.92 Å². The van der Waals surface area contributed by atoms with E-state index in [4.69, 9.17) is 23.8 Å². The molecule has 0 bridgehead atoms. The molecule has 1 aromatic carbocycles. The van der Waals surface area contributed by atoms with Gasteiger partial charge in [0.1, 0.15) is 0 Å². The third kappa shape index (κ3) is 4.25. The fourth-order valence-corrected chi connectivity index (χ4v) is 3.63. The molecule has 3 nitrogen and oxygen atoms in total. The zero-order valence-electron chi connectivity index (χ0n) is 13.4. The summed E-state index contributed by atoms with van der Waals surface area (Å²) < 4.78 is 2.32. The zero-order chi connectivity index (χ0) is 17.8. The van der Waals surface area contributed by atoms with Crippen molar-refractivity contribution in [1.29, 1.82) is 0 Å². The normalized spacial score (nSPS) is 11.8. The van der Waals surface area contributed by atoms with Crippen molar-refractivity contribution in [3.63, 3.8) is 0 Å². The summed E-state index contributed by atoms with van der Waals surface area (Å²) in [6.45, 7) is 1.97. The Bertz CT molecular complexity index is 935. The van der Waals surface area contributed by atoms with Crippen LogP contribution in [-0.2, 0) is 0 Å². The van der Waals surface area contributed by atoms with E-state index in [9.17, 15) is 5.11 Å². The lowest BCUT2D eigenvalue weighted by atomic mass is 10.2. The summed E-state index contributed by atoms with van der Waals surface area (Å²) in [5.74, 6) is -0.166. The highest BCUT2D eigenvalue weighted by Crippen LogP contribution is 2.27. The number of pyridine rings is 1. The summed E-state index contributed by atoms with van der Waals surface area (Å²) >= 11 is 12.8. The number of anilines is 1. The second-order valence-corrected chi connectivity index (χ2v) is 7.51. The van der Waals surface area contributed by atoms with Crippen molar-refractivity contribution in [2.24, 2.45) is 0 Å². The van der Waals surface area contributed by atoms with Gasteiger partial charge in [-0.15, -0.1) is 11.3 Å². The number of hydrogen-bond donors (Lipinski definition) is 1. The summed E-state index contributed by atoms with van der Waals surface area (Å²) in [6, 6.07) is 16.8. The summed E-state index contributed by atoms with van der Waals surface area (Å²) in [7, 11) is 0. The molecule has 2 heterocycles. The first-order valence-corrected chi connectivity index (χ1v) is 9.16. The molecule has 0 aliphatic rings. The molecule has 126 valence electrons. The maximum absolute atomic E-state index is 13.1. The Morgan fingerprint density at radius 3 is 2.52 bits per heavy atom. The number of hydrogen-bond acceptors (Lipinski definition) is 3. The maximum Gasteiger partial charge on any atom is 0.239 e. The van der Waals surface area contributed by atoms with Crippen LogP contribution >= 0.6 is 35.2 Å². The van der Waals surface area contributed by atoms with Crippen LogP contribution in [0.2, 0.25) is 4.34 Å². The zero-order valence-corrected chi connectivity index (χ0v) is 15.8. The number of rotatable bonds is 4. The fourth-order valence-electron chi connectivity index (χ4n) is 2.33. The Morgan fingerprint density at radius 1 is 1.12 bits per heavy atom. The van der Waals surface area contributed by atoms with Crippen LogP contribution in [0.25, 0.3) is 11.5 Å². The predicted molar refractivity (Wildman–Crippen MR) is 106 cm³/mol. The van der Waals surface area contributed by atoms with Crippen LogP contribution in [0.1, 0.15) is 10.4 Å². The average molecular weight is 387 g/mol. The number of thiophene rings is 1. The molecule has 6 heteroatoms. The van der Waals surface area contributed by atoms with Gasteiger partial charge in [0, 0.05) is 22.2 Å². The fraction of sp³-hybridized carbons (Fsp3) is 0.0526. The molecule has 0 fully saturated rings. The van der Waals surface area contributed by atoms with Crippen LogP contribution in [0.15, 0.2) is 67.0 Å². The molecule has 3 rings (SSSR count). The van der Waals surface area contributed by atoms with Crippen molar-refractivity contribution < 1.29 is 9.67 Å². The minimum Gasteiger partial charge on any atom is -0.867 e. The first kappa shape index (κ1) is 17.6. The molecule has 0 unspecified atom stereocenters. The van der Waals surface area contributed by atoms with Gasteiger partial charge in [-0.1, -0.05) is 42.0 Å². The van der Waals surface area contributed by atoms with E-state index < -0.39 is 0 Å². The third-order valence-corrected chi connectivity index (χ3v) is 4.99. The minimum absolute atomic E-state index is 0.166. The van der Waals surface area contributed by atoms with E-state index in [1.54, 1.807) is 16.7 Å². The maximum atomic E-state index is 13.1. The molecule has 3 aromatic rings. The number of aromatic nitrogens is 1. The van der Waals surface area contributed by atoms with Gasteiger partial charge < -0.3 is 10.4 Å². The molecule has 25 heavy (non-hydrogen) atoms. The van der Waals surface area contributed by atoms with Gasteiger partial charge in [0.2, 0.25) is 5.70 Å². The largest absolute Gasteiger partial charge is 0.867 e. The Morgan fingerprint density at radius 2 is 1.88 bits per heavy atom. The number of para-hydroxylation sites is 1. The molecule has 0 spiro atoms. The van der Waals surface area contributed by atoms with Crippen molar-refractivity contribution in [3.05, 3.63) is 81.8 Å². The van der Waals surface area contributed by atoms with E-state index in [1.807, 2.05) is 61.8 Å². The summed E-state index contributed by atoms with van der Waals surface area (Å²) in [5.41, 5.74) is 2.25. The molecule has 0 aliphatic heterocycles. The highest BCUT2D eigenvalue weighted by Gasteiger charge is 2.19. The third-order valence-electron chi connectivity index (χ3n) is 3.47. The van der Waals surface area contributed by atoms with E-state index in [-0.39, 0.29) is 5.76 Å². The Labute approximate surface area is 160 Å². The standard InChI is InChI=1S/C19H15ClN2OS2/c1-13-6-5-11-22(12-13)17(18(23)15-9-10-16(20)25-15)19(24)21-14-7-3-2-4-8-14/h2-12H,1H3,(H-,21,23,24). The Balaban J connectivity index is 2.07. The number of benzene rings is 1. The molecule has 0 aliphatic carbocycles. The van der Waals surface area contributed by atoms with Gasteiger partial charge in [-0.2, -0.15) is 4.57 Å². The highest BCUT2D eigenvalue weighted by molar-refractivity contribution is 7.81. The van der Waals surface area contributed by atoms with Gasteiger partial charge in [-0.3, -0.25) is 0 Å². The van der Waals surface area contributed by atoms with Crippen LogP contribution in [0.5, 0.6) is 0 Å². The van der Waals surface area contributed by atoms with Crippen molar-refractivity contribution in [2.75, 3.05) is 5.32 Å². The van der Waals surface area contributed by atoms with Crippen LogP contribution < -0.4 is 15.0 Å². The lowest BCUT2D eigenvalue weighted by Gasteiger charge is -2.15. The summed E-state index contributed by atoms with van der Waals surface area (Å²) in [4.78, 5) is 0.905. The number of aryl methyl sites for hydroxylation is 1. The van der Waals surface area contributed by atoms with Crippen LogP contribution in [-0.4, -0.2) is 4.99 Å². The average Bonchev–Trinajstić information content (AvgIpc) is 3.02. The lowest BCUT2D eigenvalue weighted by molar-refractivity contribution is -0.578. The number of nitrogens with zero attached hydrogens (tertiary/aromatic N) is 1. The lowest BCUT2D eigenvalue weighted by Crippen LogP contribution is -2.40. The van der Waals surface area contributed by atoms with E-state index in [0.717, 1.165) is 11.3 Å². The Hall–Kier alpha value is -2.21. The highest BCUT2D eigenvalue weighted by atomic mass is 35.5. The summed E-state index contributed by atoms with van der Waals surface area (Å²) in [5, 5.41) is 16.2. The molecule has 0 saturated heterocycles. The van der Waals surface area contributed by atoms with Crippen molar-refractivity contribution in [2.45, 2.75) is 6.92 Å². The van der Waals surface area contributed by atoms with Crippen LogP contribution in [0.3, 0.4) is 0 Å². The quantitative estimate of drug-likeness (QED) is 0.317. The van der Waals surface area contributed by atoms with E-state index >= 15 is 0 Å². The molecule has 0 atom stereocenters. The molecule has 0 radical (unpaired) electrons. The van der Waals surface area contributed by atoms with Gasteiger partial charge >= 0.3 is 0 Å². The summed E-state index contributed by atoms with van der Waals surface area (Å²) in [6.07, 6.45) is 3.69. The smallest absolute Gasteiger partial charge is 0.239 e. The van der Waals surface area contributed by atoms with E-state index in [2.05, 4.69) is 5.32 Å². The molecule has 0 saturated carbocycles. The topological polar surface area (TPSA) is 39.0 Å². The van der Waals surface area contributed by atoms with Gasteiger partial charge in [0.15, 0.2) is 17.4 Å². The van der Waals surface area contributed by atoms with Crippen molar-refractivity contribution in [3.8, 4) is 0 Å². The Kier molecular flexibility index (Phi) is 5.48. The number of nitrogens with one attached hydrogen (secondary N) is 1. The SMILES string of the molecule is Cc1ccc[n+](C(C(=S)Nc2ccccc2)=C([O-])c2ccc(Cl)s2)c1. The van der Waals surface area contributed by atoms with E-state index in [0.29, 0.717) is 19.9 Å². The molecular formula is C19H15ClN2OS2. The predicted octanol–water partition coefficient (Wildman–Crippen LogP) is 4.12.